The van der Waals surface area contributed by atoms with Gasteiger partial charge in [0.15, 0.2) is 0 Å². The summed E-state index contributed by atoms with van der Waals surface area (Å²) in [5.74, 6) is 0. The van der Waals surface area contributed by atoms with Crippen molar-refractivity contribution in [3.8, 4) is 0 Å². The third-order valence-corrected chi connectivity index (χ3v) is 9.87. The SMILES string of the molecule is COC1CC[CH2][In]([NH2])[CH]1OC. The van der Waals surface area contributed by atoms with Gasteiger partial charge in [0.1, 0.15) is 0 Å². The molecule has 1 heterocycles. The Kier molecular flexibility index (Phi) is 4.20. The Morgan fingerprint density at radius 1 is 1.36 bits per heavy atom. The molecule has 4 heteroatoms. The first-order valence-corrected chi connectivity index (χ1v) is 10.2. The van der Waals surface area contributed by atoms with Gasteiger partial charge in [-0.25, -0.2) is 0 Å². The van der Waals surface area contributed by atoms with Gasteiger partial charge >= 0.3 is 76.1 Å². The van der Waals surface area contributed by atoms with Gasteiger partial charge in [0.25, 0.3) is 0 Å². The van der Waals surface area contributed by atoms with Gasteiger partial charge in [-0.1, -0.05) is 0 Å². The number of ether oxygens (including phenoxy) is 2. The van der Waals surface area contributed by atoms with E-state index in [9.17, 15) is 0 Å². The van der Waals surface area contributed by atoms with Crippen LogP contribution in [0.4, 0.5) is 0 Å². The van der Waals surface area contributed by atoms with Crippen LogP contribution in [0, 0.1) is 0 Å². The summed E-state index contributed by atoms with van der Waals surface area (Å²) < 4.78 is 18.3. The molecular weight excluding hydrogens is 245 g/mol. The fourth-order valence-electron chi connectivity index (χ4n) is 1.74. The van der Waals surface area contributed by atoms with E-state index in [2.05, 4.69) is 0 Å². The second-order valence-corrected chi connectivity index (χ2v) is 10.4. The van der Waals surface area contributed by atoms with Crippen LogP contribution in [0.3, 0.4) is 0 Å². The molecule has 1 rings (SSSR count). The van der Waals surface area contributed by atoms with E-state index in [4.69, 9.17) is 13.2 Å². The van der Waals surface area contributed by atoms with E-state index in [0.717, 1.165) is 6.42 Å². The molecule has 2 unspecified atom stereocenters. The summed E-state index contributed by atoms with van der Waals surface area (Å²) in [7, 11) is 3.50. The molecule has 0 aliphatic carbocycles. The van der Waals surface area contributed by atoms with E-state index in [0.29, 0.717) is 9.96 Å². The zero-order chi connectivity index (χ0) is 8.27. The van der Waals surface area contributed by atoms with E-state index in [1.54, 1.807) is 14.2 Å². The van der Waals surface area contributed by atoms with Crippen molar-refractivity contribution in [2.75, 3.05) is 14.2 Å². The zero-order valence-corrected chi connectivity index (χ0v) is 10.5. The van der Waals surface area contributed by atoms with Crippen LogP contribution in [0.15, 0.2) is 0 Å². The third kappa shape index (κ3) is 2.34. The van der Waals surface area contributed by atoms with Crippen molar-refractivity contribution in [2.24, 2.45) is 3.72 Å². The summed E-state index contributed by atoms with van der Waals surface area (Å²) in [6.45, 7) is 0. The Morgan fingerprint density at radius 3 is 2.55 bits per heavy atom. The molecular formula is C7H16InNO2. The molecule has 0 radical (unpaired) electrons. The molecule has 1 aliphatic heterocycles. The van der Waals surface area contributed by atoms with Crippen LogP contribution in [0.1, 0.15) is 12.8 Å². The normalized spacial score (nSPS) is 32.5. The molecule has 1 aliphatic rings. The van der Waals surface area contributed by atoms with Gasteiger partial charge in [0, 0.05) is 0 Å². The quantitative estimate of drug-likeness (QED) is 0.777. The number of nitrogens with two attached hydrogens (primary N) is 1. The minimum atomic E-state index is -1.79. The van der Waals surface area contributed by atoms with Gasteiger partial charge in [0.05, 0.1) is 0 Å². The van der Waals surface area contributed by atoms with E-state index >= 15 is 0 Å². The number of rotatable bonds is 2. The first kappa shape index (κ1) is 9.84. The fourth-order valence-corrected chi connectivity index (χ4v) is 8.26. The van der Waals surface area contributed by atoms with E-state index in [-0.39, 0.29) is 0 Å². The molecule has 0 spiro atoms. The molecule has 11 heavy (non-hydrogen) atoms. The standard InChI is InChI=1S/C7H14O2.In.H2N/c1-4-5-7(9-3)6-8-2;;/h6-7H,1,4-5H2,2-3H3;;1H2/q;+1;-1. The molecule has 0 bridgehead atoms. The zero-order valence-electron chi connectivity index (χ0n) is 7.25. The average molecular weight is 261 g/mol. The molecule has 2 N–H and O–H groups in total. The van der Waals surface area contributed by atoms with Crippen molar-refractivity contribution in [2.45, 2.75) is 27.0 Å². The van der Waals surface area contributed by atoms with E-state index in [1.807, 2.05) is 0 Å². The van der Waals surface area contributed by atoms with Crippen LogP contribution in [-0.2, 0) is 9.47 Å². The molecule has 0 amide bonds. The molecule has 3 nitrogen and oxygen atoms in total. The number of hydrogen-bond donors (Lipinski definition) is 1. The van der Waals surface area contributed by atoms with Crippen molar-refractivity contribution in [1.82, 2.24) is 0 Å². The van der Waals surface area contributed by atoms with Crippen LogP contribution in [0.25, 0.3) is 0 Å². The Hall–Kier alpha value is 0.750. The van der Waals surface area contributed by atoms with Crippen LogP contribution in [0.5, 0.6) is 0 Å². The van der Waals surface area contributed by atoms with Crippen molar-refractivity contribution < 1.29 is 9.47 Å². The predicted molar refractivity (Wildman–Crippen MR) is 45.6 cm³/mol. The van der Waals surface area contributed by atoms with Crippen LogP contribution in [0.2, 0.25) is 4.18 Å². The minimum absolute atomic E-state index is 0.291. The van der Waals surface area contributed by atoms with Crippen LogP contribution >= 0.6 is 0 Å². The Balaban J connectivity index is 2.48. The molecule has 64 valence electrons. The van der Waals surface area contributed by atoms with Gasteiger partial charge in [-0.2, -0.15) is 0 Å². The summed E-state index contributed by atoms with van der Waals surface area (Å²) >= 11 is -1.79. The molecule has 1 fully saturated rings. The third-order valence-electron chi connectivity index (χ3n) is 2.39. The van der Waals surface area contributed by atoms with Crippen LogP contribution < -0.4 is 3.72 Å². The maximum atomic E-state index is 6.06. The molecule has 1 saturated heterocycles. The molecule has 0 aromatic heterocycles. The molecule has 0 saturated carbocycles. The summed E-state index contributed by atoms with van der Waals surface area (Å²) in [5.41, 5.74) is 0. The van der Waals surface area contributed by atoms with Gasteiger partial charge in [0.2, 0.25) is 0 Å². The summed E-state index contributed by atoms with van der Waals surface area (Å²) in [4.78, 5) is 0. The summed E-state index contributed by atoms with van der Waals surface area (Å²) in [6, 6.07) is 0. The topological polar surface area (TPSA) is 44.5 Å². The number of methoxy groups -OCH3 is 2. The predicted octanol–water partition coefficient (Wildman–Crippen LogP) is 0.300. The van der Waals surface area contributed by atoms with Gasteiger partial charge < -0.3 is 0 Å². The Bertz CT molecular complexity index is 123. The molecule has 2 atom stereocenters. The summed E-state index contributed by atoms with van der Waals surface area (Å²) in [6.07, 6.45) is 2.66. The van der Waals surface area contributed by atoms with E-state index < -0.39 is 21.7 Å². The monoisotopic (exact) mass is 261 g/mol. The van der Waals surface area contributed by atoms with Crippen molar-refractivity contribution in [3.63, 3.8) is 0 Å². The number of hydrogen-bond acceptors (Lipinski definition) is 3. The summed E-state index contributed by atoms with van der Waals surface area (Å²) in [5, 5.41) is 0. The second-order valence-electron chi connectivity index (χ2n) is 3.07. The van der Waals surface area contributed by atoms with E-state index in [1.165, 1.54) is 10.6 Å². The van der Waals surface area contributed by atoms with Crippen LogP contribution in [-0.4, -0.2) is 45.9 Å². The first-order valence-electron chi connectivity index (χ1n) is 4.10. The van der Waals surface area contributed by atoms with Crippen molar-refractivity contribution >= 4 is 21.7 Å². The Labute approximate surface area is 76.2 Å². The second kappa shape index (κ2) is 4.70. The first-order chi connectivity index (χ1) is 5.29. The molecule has 0 aromatic rings. The maximum absolute atomic E-state index is 6.06. The average Bonchev–Trinajstić information content (AvgIpc) is 2.04. The van der Waals surface area contributed by atoms with Crippen molar-refractivity contribution in [1.29, 1.82) is 0 Å². The van der Waals surface area contributed by atoms with Gasteiger partial charge in [-0.15, -0.1) is 0 Å². The Morgan fingerprint density at radius 2 is 2.09 bits per heavy atom. The fraction of sp³-hybridized carbons (Fsp3) is 1.00. The van der Waals surface area contributed by atoms with Gasteiger partial charge in [-0.3, -0.25) is 0 Å². The molecule has 0 aromatic carbocycles. The van der Waals surface area contributed by atoms with Crippen molar-refractivity contribution in [3.05, 3.63) is 0 Å². The van der Waals surface area contributed by atoms with Gasteiger partial charge in [-0.05, 0) is 0 Å².